The van der Waals surface area contributed by atoms with Gasteiger partial charge in [-0.25, -0.2) is 0 Å². The standard InChI is InChI=1S/C17H27N2OS.C5H5.Fe/c1-13(2)17(21-4)16(14-8-5-6-9-14)18-19-11-7-10-15(19)12-20-3;1-2-4-5-3-1;/h5-6,8-9,13,15,17H,7,10-12H2,1-4H3;1-5H;/q;;+2/b18-16-;;/t15-,17+;;/m0../s1. The van der Waals surface area contributed by atoms with Gasteiger partial charge in [0.05, 0.1) is 18.4 Å². The molecule has 0 aromatic carbocycles. The fourth-order valence-electron chi connectivity index (χ4n) is 3.30. The average molecular weight is 428 g/mol. The third-order valence-electron chi connectivity index (χ3n) is 4.58. The normalized spacial score (nSPS) is 24.7. The van der Waals surface area contributed by atoms with Crippen molar-refractivity contribution in [1.29, 1.82) is 0 Å². The van der Waals surface area contributed by atoms with Gasteiger partial charge in [0.1, 0.15) is 0 Å². The van der Waals surface area contributed by atoms with E-state index in [1.165, 1.54) is 24.5 Å². The smallest absolute Gasteiger partial charge is 0.382 e. The largest absolute Gasteiger partial charge is 2.00 e. The molecule has 1 saturated heterocycles. The Morgan fingerprint density at radius 2 is 1.74 bits per heavy atom. The van der Waals surface area contributed by atoms with Crippen LogP contribution in [0.2, 0.25) is 0 Å². The van der Waals surface area contributed by atoms with Crippen molar-refractivity contribution < 1.29 is 21.8 Å². The molecular weight excluding hydrogens is 396 g/mol. The molecular formula is C22H32FeN2OS+2. The van der Waals surface area contributed by atoms with E-state index in [0.717, 1.165) is 13.2 Å². The van der Waals surface area contributed by atoms with Gasteiger partial charge >= 0.3 is 17.1 Å². The van der Waals surface area contributed by atoms with E-state index < -0.39 is 0 Å². The Kier molecular flexibility index (Phi) is 13.4. The third-order valence-corrected chi connectivity index (χ3v) is 5.86. The second-order valence-corrected chi connectivity index (χ2v) is 7.92. The quantitative estimate of drug-likeness (QED) is 0.447. The van der Waals surface area contributed by atoms with Crippen LogP contribution in [-0.2, 0) is 21.8 Å². The molecule has 5 heteroatoms. The number of thioether (sulfide) groups is 1. The van der Waals surface area contributed by atoms with Crippen LogP contribution < -0.4 is 0 Å². The van der Waals surface area contributed by atoms with Crippen molar-refractivity contribution in [2.75, 3.05) is 26.5 Å². The minimum atomic E-state index is 0. The first-order valence-corrected chi connectivity index (χ1v) is 10.7. The Morgan fingerprint density at radius 1 is 1.15 bits per heavy atom. The molecule has 0 N–H and O–H groups in total. The molecule has 3 fully saturated rings. The maximum Gasteiger partial charge on any atom is 2.00 e. The zero-order valence-corrected chi connectivity index (χ0v) is 18.7. The molecule has 2 aliphatic carbocycles. The number of hydrogen-bond donors (Lipinski definition) is 0. The van der Waals surface area contributed by atoms with E-state index in [0.29, 0.717) is 17.2 Å². The van der Waals surface area contributed by atoms with Crippen molar-refractivity contribution in [3.63, 3.8) is 0 Å². The van der Waals surface area contributed by atoms with Gasteiger partial charge in [0, 0.05) is 24.8 Å². The van der Waals surface area contributed by atoms with E-state index in [2.05, 4.69) is 50.8 Å². The number of rotatable bonds is 7. The molecule has 0 amide bonds. The van der Waals surface area contributed by atoms with Crippen molar-refractivity contribution in [1.82, 2.24) is 5.01 Å². The topological polar surface area (TPSA) is 24.8 Å². The van der Waals surface area contributed by atoms with E-state index in [9.17, 15) is 0 Å². The summed E-state index contributed by atoms with van der Waals surface area (Å²) in [6.45, 7) is 6.35. The Labute approximate surface area is 183 Å². The molecule has 2 atom stereocenters. The molecule has 148 valence electrons. The van der Waals surface area contributed by atoms with Gasteiger partial charge in [0.25, 0.3) is 0 Å². The van der Waals surface area contributed by atoms with Gasteiger partial charge in [0.15, 0.2) is 0 Å². The summed E-state index contributed by atoms with van der Waals surface area (Å²) in [5.74, 6) is 1.82. The molecule has 0 aromatic rings. The van der Waals surface area contributed by atoms with Crippen molar-refractivity contribution in [3.8, 4) is 0 Å². The Hall–Kier alpha value is 0.299. The molecule has 0 spiro atoms. The van der Waals surface area contributed by atoms with Crippen molar-refractivity contribution in [2.45, 2.75) is 38.0 Å². The first-order valence-electron chi connectivity index (χ1n) is 9.43. The van der Waals surface area contributed by atoms with E-state index in [1.807, 2.05) is 43.9 Å². The predicted octanol–water partition coefficient (Wildman–Crippen LogP) is 4.27. The number of hydrazone groups is 1. The second-order valence-electron chi connectivity index (χ2n) is 6.94. The molecule has 3 rings (SSSR count). The molecule has 3 aliphatic rings. The monoisotopic (exact) mass is 428 g/mol. The van der Waals surface area contributed by atoms with Crippen LogP contribution in [0, 0.1) is 69.6 Å². The SMILES string of the molecule is COC[C@@H]1CCCN1/N=C(/[C]1[CH][CH][CH][CH]1)[C@H](SC)C(C)C.[CH]1[CH][CH][CH][CH]1.[Fe+2]. The van der Waals surface area contributed by atoms with Gasteiger partial charge in [-0.2, -0.15) is 16.9 Å². The first kappa shape index (κ1) is 25.3. The van der Waals surface area contributed by atoms with E-state index in [1.54, 1.807) is 7.11 Å². The van der Waals surface area contributed by atoms with Crippen LogP contribution in [0.15, 0.2) is 5.10 Å². The summed E-state index contributed by atoms with van der Waals surface area (Å²) in [7, 11) is 1.77. The van der Waals surface area contributed by atoms with Crippen molar-refractivity contribution in [3.05, 3.63) is 63.7 Å². The number of hydrogen-bond acceptors (Lipinski definition) is 4. The van der Waals surface area contributed by atoms with Gasteiger partial charge in [0.2, 0.25) is 0 Å². The van der Waals surface area contributed by atoms with E-state index in [-0.39, 0.29) is 17.1 Å². The van der Waals surface area contributed by atoms with Gasteiger partial charge < -0.3 is 4.74 Å². The maximum absolute atomic E-state index is 5.35. The molecule has 3 nitrogen and oxygen atoms in total. The molecule has 1 heterocycles. The summed E-state index contributed by atoms with van der Waals surface area (Å²) >= 11 is 1.89. The van der Waals surface area contributed by atoms with Crippen molar-refractivity contribution >= 4 is 17.5 Å². The minimum absolute atomic E-state index is 0. The van der Waals surface area contributed by atoms with Crippen LogP contribution in [0.25, 0.3) is 0 Å². The third kappa shape index (κ3) is 8.28. The average Bonchev–Trinajstić information content (AvgIpc) is 3.39. The summed E-state index contributed by atoms with van der Waals surface area (Å²) in [6.07, 6.45) is 23.1. The molecule has 0 bridgehead atoms. The van der Waals surface area contributed by atoms with Gasteiger partial charge in [-0.05, 0) is 82.8 Å². The minimum Gasteiger partial charge on any atom is -0.382 e. The van der Waals surface area contributed by atoms with Crippen LogP contribution in [0.4, 0.5) is 0 Å². The maximum atomic E-state index is 5.35. The van der Waals surface area contributed by atoms with E-state index in [4.69, 9.17) is 9.84 Å². The molecule has 0 unspecified atom stereocenters. The van der Waals surface area contributed by atoms with Crippen LogP contribution >= 0.6 is 11.8 Å². The molecule has 2 saturated carbocycles. The van der Waals surface area contributed by atoms with Gasteiger partial charge in [-0.3, -0.25) is 5.01 Å². The molecule has 10 radical (unpaired) electrons. The number of ether oxygens (including phenoxy) is 1. The summed E-state index contributed by atoms with van der Waals surface area (Å²) in [4.78, 5) is 0. The summed E-state index contributed by atoms with van der Waals surface area (Å²) in [5, 5.41) is 7.73. The zero-order valence-electron chi connectivity index (χ0n) is 16.8. The fraction of sp³-hybridized carbons (Fsp3) is 0.500. The molecule has 1 aliphatic heterocycles. The van der Waals surface area contributed by atoms with Crippen LogP contribution in [0.1, 0.15) is 26.7 Å². The van der Waals surface area contributed by atoms with Crippen LogP contribution in [0.3, 0.4) is 0 Å². The van der Waals surface area contributed by atoms with Crippen molar-refractivity contribution in [2.24, 2.45) is 11.0 Å². The van der Waals surface area contributed by atoms with Crippen LogP contribution in [0.5, 0.6) is 0 Å². The Morgan fingerprint density at radius 3 is 2.22 bits per heavy atom. The summed E-state index contributed by atoms with van der Waals surface area (Å²) in [6, 6.07) is 0.426. The van der Waals surface area contributed by atoms with Gasteiger partial charge in [-0.15, -0.1) is 0 Å². The fourth-order valence-corrected chi connectivity index (χ4v) is 4.25. The predicted molar refractivity (Wildman–Crippen MR) is 113 cm³/mol. The number of methoxy groups -OCH3 is 1. The molecule has 27 heavy (non-hydrogen) atoms. The zero-order chi connectivity index (χ0) is 18.8. The van der Waals surface area contributed by atoms with Crippen LogP contribution in [-0.4, -0.2) is 48.5 Å². The Bertz CT molecular complexity index is 402. The summed E-state index contributed by atoms with van der Waals surface area (Å²) in [5.41, 5.74) is 1.21. The second kappa shape index (κ2) is 14.3. The molecule has 0 aromatic heterocycles. The first-order chi connectivity index (χ1) is 12.7. The summed E-state index contributed by atoms with van der Waals surface area (Å²) < 4.78 is 5.35. The van der Waals surface area contributed by atoms with E-state index >= 15 is 0 Å². The number of nitrogens with zero attached hydrogens (tertiary/aromatic N) is 2. The van der Waals surface area contributed by atoms with Gasteiger partial charge in [-0.1, -0.05) is 13.8 Å². The Balaban J connectivity index is 0.000000526.